The summed E-state index contributed by atoms with van der Waals surface area (Å²) < 4.78 is 14.1. The molecule has 2 N–H and O–H groups in total. The predicted octanol–water partition coefficient (Wildman–Crippen LogP) is 2.83. The quantitative estimate of drug-likeness (QED) is 0.905. The average molecular weight is 288 g/mol. The summed E-state index contributed by atoms with van der Waals surface area (Å²) in [4.78, 5) is 11.5. The van der Waals surface area contributed by atoms with Gasteiger partial charge in [0, 0.05) is 23.4 Å². The first-order valence-electron chi connectivity index (χ1n) is 5.20. The second kappa shape index (κ2) is 6.11. The second-order valence-electron chi connectivity index (χ2n) is 3.97. The van der Waals surface area contributed by atoms with Gasteiger partial charge in [-0.3, -0.25) is 4.79 Å². The molecule has 0 spiro atoms. The molecule has 1 rings (SSSR count). The number of halogens is 2. The van der Waals surface area contributed by atoms with E-state index in [2.05, 4.69) is 15.9 Å². The number of ketones is 1. The van der Waals surface area contributed by atoms with Crippen LogP contribution in [0.25, 0.3) is 0 Å². The van der Waals surface area contributed by atoms with Gasteiger partial charge in [0.05, 0.1) is 0 Å². The Morgan fingerprint density at radius 2 is 2.25 bits per heavy atom. The van der Waals surface area contributed by atoms with Crippen molar-refractivity contribution in [3.05, 3.63) is 34.1 Å². The number of nitrogens with two attached hydrogens (primary N) is 1. The van der Waals surface area contributed by atoms with Gasteiger partial charge in [0.1, 0.15) is 11.6 Å². The lowest BCUT2D eigenvalue weighted by molar-refractivity contribution is -0.118. The number of carbonyl (C=O) groups is 1. The molecule has 1 aromatic rings. The zero-order valence-corrected chi connectivity index (χ0v) is 10.8. The topological polar surface area (TPSA) is 43.1 Å². The van der Waals surface area contributed by atoms with Crippen LogP contribution in [0.3, 0.4) is 0 Å². The molecular weight excluding hydrogens is 273 g/mol. The van der Waals surface area contributed by atoms with Gasteiger partial charge >= 0.3 is 0 Å². The van der Waals surface area contributed by atoms with E-state index in [-0.39, 0.29) is 24.1 Å². The molecule has 0 heterocycles. The maximum absolute atomic E-state index is 13.4. The van der Waals surface area contributed by atoms with Crippen LogP contribution in [-0.2, 0) is 11.2 Å². The van der Waals surface area contributed by atoms with Gasteiger partial charge in [0.15, 0.2) is 0 Å². The van der Waals surface area contributed by atoms with Crippen molar-refractivity contribution in [3.63, 3.8) is 0 Å². The van der Waals surface area contributed by atoms with E-state index in [1.807, 2.05) is 6.92 Å². The molecule has 0 fully saturated rings. The monoisotopic (exact) mass is 287 g/mol. The number of benzene rings is 1. The Morgan fingerprint density at radius 1 is 1.56 bits per heavy atom. The lowest BCUT2D eigenvalue weighted by Crippen LogP contribution is -2.17. The Labute approximate surface area is 103 Å². The molecule has 1 unspecified atom stereocenters. The summed E-state index contributed by atoms with van der Waals surface area (Å²) >= 11 is 3.17. The molecule has 1 aromatic carbocycles. The normalized spacial score (nSPS) is 12.5. The number of carbonyl (C=O) groups excluding carboxylic acids is 1. The average Bonchev–Trinajstić information content (AvgIpc) is 2.19. The molecule has 16 heavy (non-hydrogen) atoms. The van der Waals surface area contributed by atoms with E-state index in [9.17, 15) is 9.18 Å². The summed E-state index contributed by atoms with van der Waals surface area (Å²) in [6.07, 6.45) is 1.20. The second-order valence-corrected chi connectivity index (χ2v) is 4.88. The van der Waals surface area contributed by atoms with Crippen LogP contribution in [0.1, 0.15) is 25.3 Å². The summed E-state index contributed by atoms with van der Waals surface area (Å²) in [7, 11) is 0. The molecule has 2 nitrogen and oxygen atoms in total. The molecule has 4 heteroatoms. The van der Waals surface area contributed by atoms with Crippen LogP contribution < -0.4 is 5.73 Å². The van der Waals surface area contributed by atoms with Crippen LogP contribution in [0, 0.1) is 5.82 Å². The Kier molecular flexibility index (Phi) is 5.09. The molecule has 0 radical (unpaired) electrons. The SMILES string of the molecule is CC(N)CCC(=O)Cc1ccc(Br)cc1F. The molecule has 88 valence electrons. The van der Waals surface area contributed by atoms with Crippen LogP contribution in [0.5, 0.6) is 0 Å². The summed E-state index contributed by atoms with van der Waals surface area (Å²) in [5.41, 5.74) is 5.99. The van der Waals surface area contributed by atoms with Crippen molar-refractivity contribution in [2.24, 2.45) is 5.73 Å². The van der Waals surface area contributed by atoms with Gasteiger partial charge in [0.25, 0.3) is 0 Å². The predicted molar refractivity (Wildman–Crippen MR) is 65.7 cm³/mol. The molecule has 0 aliphatic rings. The van der Waals surface area contributed by atoms with Crippen LogP contribution in [0.2, 0.25) is 0 Å². The molecule has 0 saturated carbocycles. The third-order valence-electron chi connectivity index (χ3n) is 2.28. The highest BCUT2D eigenvalue weighted by molar-refractivity contribution is 9.10. The molecule has 0 aliphatic heterocycles. The minimum atomic E-state index is -0.344. The van der Waals surface area contributed by atoms with Crippen LogP contribution >= 0.6 is 15.9 Å². The minimum absolute atomic E-state index is 0.0127. The summed E-state index contributed by atoms with van der Waals surface area (Å²) in [6.45, 7) is 1.85. The Hall–Kier alpha value is -0.740. The highest BCUT2D eigenvalue weighted by Crippen LogP contribution is 2.16. The number of hydrogen-bond acceptors (Lipinski definition) is 2. The van der Waals surface area contributed by atoms with E-state index >= 15 is 0 Å². The molecule has 0 aromatic heterocycles. The van der Waals surface area contributed by atoms with E-state index in [0.717, 1.165) is 0 Å². The molecule has 0 bridgehead atoms. The van der Waals surface area contributed by atoms with Gasteiger partial charge in [-0.2, -0.15) is 0 Å². The Morgan fingerprint density at radius 3 is 2.81 bits per heavy atom. The standard InChI is InChI=1S/C12H15BrFNO/c1-8(15)2-5-11(16)6-9-3-4-10(13)7-12(9)14/h3-4,7-8H,2,5-6,15H2,1H3. The maximum atomic E-state index is 13.4. The first-order valence-corrected chi connectivity index (χ1v) is 5.99. The van der Waals surface area contributed by atoms with Crippen molar-refractivity contribution < 1.29 is 9.18 Å². The first kappa shape index (κ1) is 13.3. The third kappa shape index (κ3) is 4.41. The lowest BCUT2D eigenvalue weighted by atomic mass is 10.0. The van der Waals surface area contributed by atoms with Gasteiger partial charge in [-0.15, -0.1) is 0 Å². The number of Topliss-reactive ketones (excluding diaryl/α,β-unsaturated/α-hetero) is 1. The van der Waals surface area contributed by atoms with Crippen molar-refractivity contribution in [3.8, 4) is 0 Å². The zero-order chi connectivity index (χ0) is 12.1. The van der Waals surface area contributed by atoms with Gasteiger partial charge in [-0.1, -0.05) is 22.0 Å². The van der Waals surface area contributed by atoms with Crippen molar-refractivity contribution in [1.29, 1.82) is 0 Å². The zero-order valence-electron chi connectivity index (χ0n) is 9.17. The molecule has 1 atom stereocenters. The van der Waals surface area contributed by atoms with Gasteiger partial charge in [-0.05, 0) is 31.0 Å². The Bertz CT molecular complexity index is 379. The lowest BCUT2D eigenvalue weighted by Gasteiger charge is -2.05. The smallest absolute Gasteiger partial charge is 0.137 e. The highest BCUT2D eigenvalue weighted by Gasteiger charge is 2.09. The largest absolute Gasteiger partial charge is 0.328 e. The van der Waals surface area contributed by atoms with Crippen molar-refractivity contribution in [2.45, 2.75) is 32.2 Å². The molecule has 0 saturated heterocycles. The molecule has 0 amide bonds. The maximum Gasteiger partial charge on any atom is 0.137 e. The van der Waals surface area contributed by atoms with Gasteiger partial charge < -0.3 is 5.73 Å². The van der Waals surface area contributed by atoms with Gasteiger partial charge in [0.2, 0.25) is 0 Å². The van der Waals surface area contributed by atoms with E-state index < -0.39 is 0 Å². The Balaban J connectivity index is 2.56. The minimum Gasteiger partial charge on any atom is -0.328 e. The van der Waals surface area contributed by atoms with Crippen molar-refractivity contribution in [1.82, 2.24) is 0 Å². The van der Waals surface area contributed by atoms with Crippen LogP contribution in [0.4, 0.5) is 4.39 Å². The van der Waals surface area contributed by atoms with Crippen LogP contribution in [0.15, 0.2) is 22.7 Å². The fraction of sp³-hybridized carbons (Fsp3) is 0.417. The van der Waals surface area contributed by atoms with Gasteiger partial charge in [-0.25, -0.2) is 4.39 Å². The van der Waals surface area contributed by atoms with Crippen molar-refractivity contribution >= 4 is 21.7 Å². The summed E-state index contributed by atoms with van der Waals surface area (Å²) in [6, 6.07) is 4.74. The molecule has 0 aliphatic carbocycles. The fourth-order valence-corrected chi connectivity index (χ4v) is 1.69. The van der Waals surface area contributed by atoms with E-state index in [0.29, 0.717) is 22.9 Å². The highest BCUT2D eigenvalue weighted by atomic mass is 79.9. The van der Waals surface area contributed by atoms with E-state index in [1.165, 1.54) is 6.07 Å². The summed E-state index contributed by atoms with van der Waals surface area (Å²) in [5, 5.41) is 0. The first-order chi connectivity index (χ1) is 7.49. The van der Waals surface area contributed by atoms with Crippen molar-refractivity contribution in [2.75, 3.05) is 0 Å². The third-order valence-corrected chi connectivity index (χ3v) is 2.77. The van der Waals surface area contributed by atoms with E-state index in [1.54, 1.807) is 12.1 Å². The van der Waals surface area contributed by atoms with Crippen LogP contribution in [-0.4, -0.2) is 11.8 Å². The molecular formula is C12H15BrFNO. The van der Waals surface area contributed by atoms with E-state index in [4.69, 9.17) is 5.73 Å². The number of hydrogen-bond donors (Lipinski definition) is 1. The summed E-state index contributed by atoms with van der Waals surface area (Å²) in [5.74, 6) is -0.318. The number of rotatable bonds is 5. The fourth-order valence-electron chi connectivity index (χ4n) is 1.35.